The summed E-state index contributed by atoms with van der Waals surface area (Å²) in [5.74, 6) is -1.89. The van der Waals surface area contributed by atoms with Crippen molar-refractivity contribution in [3.8, 4) is 0 Å². The summed E-state index contributed by atoms with van der Waals surface area (Å²) in [5.41, 5.74) is 0. The minimum absolute atomic E-state index is 0.349. The molecule has 0 amide bonds. The molecule has 0 aromatic rings. The minimum Gasteiger partial charge on any atom is -0.481 e. The molecule has 7 nitrogen and oxygen atoms in total. The van der Waals surface area contributed by atoms with Gasteiger partial charge in [-0.15, -0.1) is 0 Å². The van der Waals surface area contributed by atoms with E-state index in [1.54, 1.807) is 0 Å². The zero-order chi connectivity index (χ0) is 14.3. The van der Waals surface area contributed by atoms with E-state index < -0.39 is 24.9 Å². The molecule has 0 unspecified atom stereocenters. The van der Waals surface area contributed by atoms with Gasteiger partial charge in [-0.1, -0.05) is 6.58 Å². The van der Waals surface area contributed by atoms with Crippen molar-refractivity contribution in [2.24, 2.45) is 5.92 Å². The molecule has 106 valence electrons. The molecule has 1 N–H and O–H groups in total. The van der Waals surface area contributed by atoms with Crippen LogP contribution in [0.2, 0.25) is 0 Å². The number of hydrogen-bond acceptors (Lipinski definition) is 6. The van der Waals surface area contributed by atoms with Crippen LogP contribution >= 0.6 is 0 Å². The maximum absolute atomic E-state index is 11.2. The highest BCUT2D eigenvalue weighted by Gasteiger charge is 2.28. The van der Waals surface area contributed by atoms with Crippen LogP contribution in [0.25, 0.3) is 0 Å². The SMILES string of the molecule is C=CC(=O)OCOC(=O)OC1CCC(C(=O)O)CC1. The van der Waals surface area contributed by atoms with Crippen molar-refractivity contribution < 1.29 is 33.7 Å². The van der Waals surface area contributed by atoms with E-state index in [0.29, 0.717) is 25.7 Å². The zero-order valence-electron chi connectivity index (χ0n) is 10.4. The van der Waals surface area contributed by atoms with Gasteiger partial charge >= 0.3 is 18.1 Å². The minimum atomic E-state index is -0.935. The van der Waals surface area contributed by atoms with Crippen molar-refractivity contribution in [2.45, 2.75) is 31.8 Å². The lowest BCUT2D eigenvalue weighted by Gasteiger charge is -2.25. The largest absolute Gasteiger partial charge is 0.511 e. The van der Waals surface area contributed by atoms with Gasteiger partial charge in [-0.2, -0.15) is 0 Å². The molecule has 0 aromatic carbocycles. The topological polar surface area (TPSA) is 99.1 Å². The quantitative estimate of drug-likeness (QED) is 0.459. The van der Waals surface area contributed by atoms with Crippen molar-refractivity contribution >= 4 is 18.1 Å². The van der Waals surface area contributed by atoms with Gasteiger partial charge in [0, 0.05) is 6.08 Å². The molecule has 0 atom stereocenters. The number of carboxylic acids is 1. The van der Waals surface area contributed by atoms with E-state index in [2.05, 4.69) is 16.1 Å². The molecule has 19 heavy (non-hydrogen) atoms. The maximum atomic E-state index is 11.2. The molecule has 0 heterocycles. The standard InChI is InChI=1S/C12H16O7/c1-2-10(13)17-7-18-12(16)19-9-5-3-8(4-6-9)11(14)15/h2,8-9H,1,3-7H2,(H,14,15). The summed E-state index contributed by atoms with van der Waals surface area (Å²) in [5, 5.41) is 8.81. The summed E-state index contributed by atoms with van der Waals surface area (Å²) in [6.07, 6.45) is 1.57. The lowest BCUT2D eigenvalue weighted by atomic mass is 9.87. The lowest BCUT2D eigenvalue weighted by Crippen LogP contribution is -2.28. The summed E-state index contributed by atoms with van der Waals surface area (Å²) in [6.45, 7) is 2.65. The van der Waals surface area contributed by atoms with Gasteiger partial charge in [-0.3, -0.25) is 4.79 Å². The average molecular weight is 272 g/mol. The number of rotatable bonds is 5. The van der Waals surface area contributed by atoms with Gasteiger partial charge in [0.15, 0.2) is 0 Å². The van der Waals surface area contributed by atoms with Crippen molar-refractivity contribution in [3.05, 3.63) is 12.7 Å². The molecule has 1 aliphatic rings. The smallest absolute Gasteiger partial charge is 0.481 e. The molecule has 7 heteroatoms. The highest BCUT2D eigenvalue weighted by molar-refractivity contribution is 5.81. The Morgan fingerprint density at radius 3 is 2.32 bits per heavy atom. The van der Waals surface area contributed by atoms with E-state index in [0.717, 1.165) is 6.08 Å². The molecule has 0 spiro atoms. The Morgan fingerprint density at radius 2 is 1.79 bits per heavy atom. The molecule has 1 saturated carbocycles. The third-order valence-electron chi connectivity index (χ3n) is 2.83. The Balaban J connectivity index is 2.18. The van der Waals surface area contributed by atoms with Crippen molar-refractivity contribution in [1.29, 1.82) is 0 Å². The first kappa shape index (κ1) is 15.0. The maximum Gasteiger partial charge on any atom is 0.511 e. The molecule has 0 bridgehead atoms. The number of carbonyl (C=O) groups is 3. The first-order valence-corrected chi connectivity index (χ1v) is 5.88. The molecular weight excluding hydrogens is 256 g/mol. The van der Waals surface area contributed by atoms with E-state index >= 15 is 0 Å². The highest BCUT2D eigenvalue weighted by Crippen LogP contribution is 2.26. The summed E-state index contributed by atoms with van der Waals surface area (Å²) in [4.78, 5) is 32.6. The predicted octanol–water partition coefficient (Wildman–Crippen LogP) is 1.47. The monoisotopic (exact) mass is 272 g/mol. The fourth-order valence-electron chi connectivity index (χ4n) is 1.79. The fourth-order valence-corrected chi connectivity index (χ4v) is 1.79. The second-order valence-electron chi connectivity index (χ2n) is 4.11. The summed E-state index contributed by atoms with van der Waals surface area (Å²) in [7, 11) is 0. The Bertz CT molecular complexity index is 355. The van der Waals surface area contributed by atoms with Crippen LogP contribution in [0, 0.1) is 5.92 Å². The van der Waals surface area contributed by atoms with Gasteiger partial charge in [-0.05, 0) is 25.7 Å². The summed E-state index contributed by atoms with van der Waals surface area (Å²) < 4.78 is 13.9. The van der Waals surface area contributed by atoms with Gasteiger partial charge in [0.05, 0.1) is 5.92 Å². The highest BCUT2D eigenvalue weighted by atomic mass is 16.8. The van der Waals surface area contributed by atoms with E-state index in [1.165, 1.54) is 0 Å². The number of aliphatic carboxylic acids is 1. The molecule has 0 aromatic heterocycles. The number of ether oxygens (including phenoxy) is 3. The van der Waals surface area contributed by atoms with Crippen LogP contribution in [-0.2, 0) is 23.8 Å². The van der Waals surface area contributed by atoms with E-state index in [4.69, 9.17) is 9.84 Å². The van der Waals surface area contributed by atoms with E-state index in [-0.39, 0.29) is 12.0 Å². The third kappa shape index (κ3) is 5.41. The number of carbonyl (C=O) groups excluding carboxylic acids is 2. The number of carboxylic acid groups (broad SMARTS) is 1. The number of hydrogen-bond donors (Lipinski definition) is 1. The second-order valence-corrected chi connectivity index (χ2v) is 4.11. The number of esters is 1. The second kappa shape index (κ2) is 7.40. The van der Waals surface area contributed by atoms with Gasteiger partial charge in [0.1, 0.15) is 6.10 Å². The third-order valence-corrected chi connectivity index (χ3v) is 2.83. The molecule has 0 saturated heterocycles. The first-order chi connectivity index (χ1) is 9.02. The lowest BCUT2D eigenvalue weighted by molar-refractivity contribution is -0.147. The first-order valence-electron chi connectivity index (χ1n) is 5.88. The molecule has 1 fully saturated rings. The van der Waals surface area contributed by atoms with Crippen LogP contribution in [0.3, 0.4) is 0 Å². The molecule has 1 rings (SSSR count). The van der Waals surface area contributed by atoms with Gasteiger partial charge in [-0.25, -0.2) is 9.59 Å². The summed E-state index contributed by atoms with van der Waals surface area (Å²) in [6, 6.07) is 0. The fraction of sp³-hybridized carbons (Fsp3) is 0.583. The molecule has 1 aliphatic carbocycles. The van der Waals surface area contributed by atoms with Crippen LogP contribution < -0.4 is 0 Å². The Kier molecular flexibility index (Phi) is 5.84. The normalized spacial score (nSPS) is 22.1. The van der Waals surface area contributed by atoms with Crippen molar-refractivity contribution in [2.75, 3.05) is 6.79 Å². The zero-order valence-corrected chi connectivity index (χ0v) is 10.4. The van der Waals surface area contributed by atoms with Crippen LogP contribution in [-0.4, -0.2) is 36.1 Å². The van der Waals surface area contributed by atoms with Crippen LogP contribution in [0.15, 0.2) is 12.7 Å². The van der Waals surface area contributed by atoms with Crippen LogP contribution in [0.1, 0.15) is 25.7 Å². The van der Waals surface area contributed by atoms with Crippen LogP contribution in [0.5, 0.6) is 0 Å². The van der Waals surface area contributed by atoms with Gasteiger partial charge < -0.3 is 19.3 Å². The van der Waals surface area contributed by atoms with Crippen LogP contribution in [0.4, 0.5) is 4.79 Å². The average Bonchev–Trinajstić information content (AvgIpc) is 2.39. The molecular formula is C12H16O7. The van der Waals surface area contributed by atoms with Crippen molar-refractivity contribution in [3.63, 3.8) is 0 Å². The van der Waals surface area contributed by atoms with Gasteiger partial charge in [0.25, 0.3) is 0 Å². The Hall–Kier alpha value is -2.05. The Morgan fingerprint density at radius 1 is 1.16 bits per heavy atom. The predicted molar refractivity (Wildman–Crippen MR) is 62.1 cm³/mol. The molecule has 0 aliphatic heterocycles. The van der Waals surface area contributed by atoms with Gasteiger partial charge in [0.2, 0.25) is 6.79 Å². The van der Waals surface area contributed by atoms with E-state index in [1.807, 2.05) is 0 Å². The molecule has 0 radical (unpaired) electrons. The van der Waals surface area contributed by atoms with Crippen molar-refractivity contribution in [1.82, 2.24) is 0 Å². The van der Waals surface area contributed by atoms with E-state index in [9.17, 15) is 14.4 Å². The summed E-state index contributed by atoms with van der Waals surface area (Å²) >= 11 is 0. The Labute approximate surface area is 110 Å².